The van der Waals surface area contributed by atoms with Crippen LogP contribution in [0.15, 0.2) is 18.2 Å². The molecule has 0 aliphatic rings. The third-order valence-electron chi connectivity index (χ3n) is 3.17. The summed E-state index contributed by atoms with van der Waals surface area (Å²) in [5, 5.41) is 0. The van der Waals surface area contributed by atoms with Gasteiger partial charge in [-0.15, -0.1) is 0 Å². The van der Waals surface area contributed by atoms with Gasteiger partial charge in [0.25, 0.3) is 0 Å². The van der Waals surface area contributed by atoms with Gasteiger partial charge in [-0.3, -0.25) is 0 Å². The third-order valence-corrected chi connectivity index (χ3v) is 3.17. The van der Waals surface area contributed by atoms with Crippen LogP contribution in [0.3, 0.4) is 0 Å². The minimum Gasteiger partial charge on any atom is -0.326 e. The van der Waals surface area contributed by atoms with Gasteiger partial charge in [-0.25, -0.2) is 4.98 Å². The molecule has 0 amide bonds. The summed E-state index contributed by atoms with van der Waals surface area (Å²) in [4.78, 5) is 4.78. The summed E-state index contributed by atoms with van der Waals surface area (Å²) < 4.78 is 2.35. The van der Waals surface area contributed by atoms with Crippen LogP contribution in [-0.2, 0) is 18.5 Å². The van der Waals surface area contributed by atoms with Gasteiger partial charge < -0.3 is 10.3 Å². The summed E-state index contributed by atoms with van der Waals surface area (Å²) in [6, 6.07) is 6.35. The molecule has 0 bridgehead atoms. The Morgan fingerprint density at radius 1 is 1.28 bits per heavy atom. The average Bonchev–Trinajstić information content (AvgIpc) is 2.65. The second-order valence-electron chi connectivity index (χ2n) is 5.81. The van der Waals surface area contributed by atoms with Crippen LogP contribution in [0.2, 0.25) is 0 Å². The first-order valence-corrected chi connectivity index (χ1v) is 6.68. The molecule has 3 heteroatoms. The standard InChI is InChI=1S/C15H23N3/c1-5-6-14-17-12-9-11(10-16)7-8-13(12)18(14)15(2,3)4/h7-9H,5-6,10,16H2,1-4H3. The molecule has 2 aromatic rings. The van der Waals surface area contributed by atoms with Gasteiger partial charge in [0.1, 0.15) is 5.82 Å². The maximum absolute atomic E-state index is 5.70. The van der Waals surface area contributed by atoms with Gasteiger partial charge in [-0.1, -0.05) is 13.0 Å². The summed E-state index contributed by atoms with van der Waals surface area (Å²) >= 11 is 0. The predicted molar refractivity (Wildman–Crippen MR) is 76.6 cm³/mol. The van der Waals surface area contributed by atoms with Crippen LogP contribution >= 0.6 is 0 Å². The Kier molecular flexibility index (Phi) is 3.44. The molecule has 1 aromatic heterocycles. The molecule has 98 valence electrons. The Bertz CT molecular complexity index is 547. The highest BCUT2D eigenvalue weighted by Crippen LogP contribution is 2.26. The summed E-state index contributed by atoms with van der Waals surface area (Å²) in [6.45, 7) is 9.44. The topological polar surface area (TPSA) is 43.8 Å². The lowest BCUT2D eigenvalue weighted by Crippen LogP contribution is -2.24. The van der Waals surface area contributed by atoms with Crippen LogP contribution in [0.4, 0.5) is 0 Å². The zero-order valence-corrected chi connectivity index (χ0v) is 11.8. The number of hydrogen-bond donors (Lipinski definition) is 1. The van der Waals surface area contributed by atoms with E-state index >= 15 is 0 Å². The van der Waals surface area contributed by atoms with Crippen molar-refractivity contribution in [3.05, 3.63) is 29.6 Å². The molecule has 1 aromatic carbocycles. The van der Waals surface area contributed by atoms with E-state index < -0.39 is 0 Å². The summed E-state index contributed by atoms with van der Waals surface area (Å²) in [5.74, 6) is 1.18. The van der Waals surface area contributed by atoms with Gasteiger partial charge in [0.05, 0.1) is 11.0 Å². The van der Waals surface area contributed by atoms with Crippen molar-refractivity contribution in [2.24, 2.45) is 5.73 Å². The van der Waals surface area contributed by atoms with Crippen molar-refractivity contribution in [1.29, 1.82) is 0 Å². The molecule has 0 unspecified atom stereocenters. The monoisotopic (exact) mass is 245 g/mol. The van der Waals surface area contributed by atoms with Crippen molar-refractivity contribution in [2.75, 3.05) is 0 Å². The number of nitrogens with zero attached hydrogens (tertiary/aromatic N) is 2. The molecule has 0 radical (unpaired) electrons. The predicted octanol–water partition coefficient (Wildman–Crippen LogP) is 3.20. The van der Waals surface area contributed by atoms with Crippen LogP contribution in [0.5, 0.6) is 0 Å². The third kappa shape index (κ3) is 2.27. The van der Waals surface area contributed by atoms with E-state index in [2.05, 4.69) is 50.5 Å². The summed E-state index contributed by atoms with van der Waals surface area (Å²) in [7, 11) is 0. The minimum atomic E-state index is 0.0590. The number of aromatic nitrogens is 2. The zero-order valence-electron chi connectivity index (χ0n) is 11.8. The molecule has 18 heavy (non-hydrogen) atoms. The molecular formula is C15H23N3. The average molecular weight is 245 g/mol. The highest BCUT2D eigenvalue weighted by Gasteiger charge is 2.20. The Hall–Kier alpha value is -1.35. The van der Waals surface area contributed by atoms with Crippen molar-refractivity contribution in [1.82, 2.24) is 9.55 Å². The molecule has 0 spiro atoms. The maximum atomic E-state index is 5.70. The molecule has 1 heterocycles. The van der Waals surface area contributed by atoms with E-state index in [0.717, 1.165) is 23.9 Å². The first-order valence-electron chi connectivity index (χ1n) is 6.68. The first kappa shape index (κ1) is 13.1. The Morgan fingerprint density at radius 3 is 2.56 bits per heavy atom. The Labute approximate surface area is 109 Å². The number of hydrogen-bond acceptors (Lipinski definition) is 2. The van der Waals surface area contributed by atoms with E-state index in [0.29, 0.717) is 6.54 Å². The van der Waals surface area contributed by atoms with Crippen molar-refractivity contribution < 1.29 is 0 Å². The minimum absolute atomic E-state index is 0.0590. The van der Waals surface area contributed by atoms with Gasteiger partial charge >= 0.3 is 0 Å². The lowest BCUT2D eigenvalue weighted by atomic mass is 10.1. The second kappa shape index (κ2) is 4.73. The number of aryl methyl sites for hydroxylation is 1. The van der Waals surface area contributed by atoms with Crippen molar-refractivity contribution in [3.8, 4) is 0 Å². The van der Waals surface area contributed by atoms with E-state index in [4.69, 9.17) is 10.7 Å². The van der Waals surface area contributed by atoms with Crippen LogP contribution < -0.4 is 5.73 Å². The van der Waals surface area contributed by atoms with Gasteiger partial charge in [-0.2, -0.15) is 0 Å². The second-order valence-corrected chi connectivity index (χ2v) is 5.81. The zero-order chi connectivity index (χ0) is 13.3. The first-order chi connectivity index (χ1) is 8.47. The molecule has 3 nitrogen and oxygen atoms in total. The normalized spacial score (nSPS) is 12.3. The smallest absolute Gasteiger partial charge is 0.110 e. The van der Waals surface area contributed by atoms with Crippen LogP contribution in [0.25, 0.3) is 11.0 Å². The lowest BCUT2D eigenvalue weighted by molar-refractivity contribution is 0.393. The number of nitrogens with two attached hydrogens (primary N) is 1. The van der Waals surface area contributed by atoms with Crippen molar-refractivity contribution >= 4 is 11.0 Å². The summed E-state index contributed by atoms with van der Waals surface area (Å²) in [5.41, 5.74) is 9.17. The Morgan fingerprint density at radius 2 is 2.00 bits per heavy atom. The molecule has 0 saturated heterocycles. The summed E-state index contributed by atoms with van der Waals surface area (Å²) in [6.07, 6.45) is 2.13. The van der Waals surface area contributed by atoms with Gasteiger partial charge in [0.15, 0.2) is 0 Å². The van der Waals surface area contributed by atoms with Crippen LogP contribution in [0, 0.1) is 0 Å². The highest BCUT2D eigenvalue weighted by atomic mass is 15.1. The number of imidazole rings is 1. The number of benzene rings is 1. The molecule has 2 rings (SSSR count). The fourth-order valence-corrected chi connectivity index (χ4v) is 2.44. The number of fused-ring (bicyclic) bond motifs is 1. The molecule has 0 aliphatic carbocycles. The van der Waals surface area contributed by atoms with Crippen molar-refractivity contribution in [2.45, 2.75) is 52.6 Å². The SMILES string of the molecule is CCCc1nc2cc(CN)ccc2n1C(C)(C)C. The van der Waals surface area contributed by atoms with Gasteiger partial charge in [0, 0.05) is 18.5 Å². The molecule has 0 fully saturated rings. The lowest BCUT2D eigenvalue weighted by Gasteiger charge is -2.24. The fourth-order valence-electron chi connectivity index (χ4n) is 2.44. The van der Waals surface area contributed by atoms with Gasteiger partial charge in [0.2, 0.25) is 0 Å². The van der Waals surface area contributed by atoms with E-state index in [9.17, 15) is 0 Å². The van der Waals surface area contributed by atoms with Crippen LogP contribution in [-0.4, -0.2) is 9.55 Å². The van der Waals surface area contributed by atoms with E-state index in [1.807, 2.05) is 0 Å². The number of rotatable bonds is 3. The van der Waals surface area contributed by atoms with E-state index in [1.54, 1.807) is 0 Å². The van der Waals surface area contributed by atoms with Crippen molar-refractivity contribution in [3.63, 3.8) is 0 Å². The van der Waals surface area contributed by atoms with Crippen LogP contribution in [0.1, 0.15) is 45.5 Å². The quantitative estimate of drug-likeness (QED) is 0.902. The molecule has 0 saturated carbocycles. The maximum Gasteiger partial charge on any atom is 0.110 e. The van der Waals surface area contributed by atoms with E-state index in [-0.39, 0.29) is 5.54 Å². The molecular weight excluding hydrogens is 222 g/mol. The fraction of sp³-hybridized carbons (Fsp3) is 0.533. The van der Waals surface area contributed by atoms with Gasteiger partial charge in [-0.05, 0) is 44.9 Å². The van der Waals surface area contributed by atoms with E-state index in [1.165, 1.54) is 11.3 Å². The molecule has 2 N–H and O–H groups in total. The highest BCUT2D eigenvalue weighted by molar-refractivity contribution is 5.77. The molecule has 0 aliphatic heterocycles. The Balaban J connectivity index is 2.67. The molecule has 0 atom stereocenters. The largest absolute Gasteiger partial charge is 0.326 e.